The van der Waals surface area contributed by atoms with Gasteiger partial charge in [0.1, 0.15) is 11.5 Å². The van der Waals surface area contributed by atoms with Crippen molar-refractivity contribution in [3.8, 4) is 11.5 Å². The second kappa shape index (κ2) is 7.58. The van der Waals surface area contributed by atoms with Crippen LogP contribution in [0.15, 0.2) is 54.6 Å². The fourth-order valence-corrected chi connectivity index (χ4v) is 3.13. The molecular weight excluding hydrogens is 393 g/mol. The number of amides is 1. The van der Waals surface area contributed by atoms with Crippen molar-refractivity contribution >= 4 is 41.8 Å². The molecule has 0 aliphatic heterocycles. The first kappa shape index (κ1) is 19.2. The SMILES string of the molecule is COc1cc(Cl)ccc1NC(=O)c1cc2ccccc2cc1OP(=O)(O)O. The van der Waals surface area contributed by atoms with E-state index in [1.807, 2.05) is 0 Å². The van der Waals surface area contributed by atoms with Gasteiger partial charge in [-0.15, -0.1) is 0 Å². The number of anilines is 1. The number of phosphoric acid groups is 1. The van der Waals surface area contributed by atoms with E-state index < -0.39 is 13.7 Å². The Hall–Kier alpha value is -2.57. The summed E-state index contributed by atoms with van der Waals surface area (Å²) in [6.07, 6.45) is 0. The third-order valence-corrected chi connectivity index (χ3v) is 4.39. The van der Waals surface area contributed by atoms with E-state index in [0.717, 1.165) is 0 Å². The number of benzene rings is 3. The van der Waals surface area contributed by atoms with Crippen LogP contribution in [0.5, 0.6) is 11.5 Å². The molecule has 0 aliphatic carbocycles. The maximum absolute atomic E-state index is 12.8. The number of carbonyl (C=O) groups excluding carboxylic acids is 1. The monoisotopic (exact) mass is 407 g/mol. The van der Waals surface area contributed by atoms with Gasteiger partial charge in [0, 0.05) is 11.1 Å². The van der Waals surface area contributed by atoms with E-state index in [4.69, 9.17) is 20.9 Å². The molecule has 0 heterocycles. The number of methoxy groups -OCH3 is 1. The van der Waals surface area contributed by atoms with E-state index in [2.05, 4.69) is 5.32 Å². The normalized spacial score (nSPS) is 11.3. The Labute approximate surface area is 159 Å². The Bertz CT molecular complexity index is 1060. The van der Waals surface area contributed by atoms with Crippen molar-refractivity contribution in [3.63, 3.8) is 0 Å². The van der Waals surface area contributed by atoms with E-state index in [9.17, 15) is 19.1 Å². The van der Waals surface area contributed by atoms with Crippen LogP contribution in [0.1, 0.15) is 10.4 Å². The van der Waals surface area contributed by atoms with Crippen molar-refractivity contribution in [1.82, 2.24) is 0 Å². The Morgan fingerprint density at radius 3 is 2.33 bits per heavy atom. The minimum atomic E-state index is -4.86. The van der Waals surface area contributed by atoms with E-state index in [-0.39, 0.29) is 11.3 Å². The molecule has 0 saturated carbocycles. The largest absolute Gasteiger partial charge is 0.524 e. The molecule has 3 rings (SSSR count). The molecule has 3 aromatic rings. The van der Waals surface area contributed by atoms with Crippen LogP contribution in [0.25, 0.3) is 10.8 Å². The molecule has 0 fully saturated rings. The molecule has 0 spiro atoms. The average molecular weight is 408 g/mol. The first-order valence-electron chi connectivity index (χ1n) is 7.69. The summed E-state index contributed by atoms with van der Waals surface area (Å²) >= 11 is 5.91. The smallest absolute Gasteiger partial charge is 0.495 e. The van der Waals surface area contributed by atoms with Gasteiger partial charge in [-0.1, -0.05) is 35.9 Å². The molecule has 0 atom stereocenters. The van der Waals surface area contributed by atoms with Crippen LogP contribution >= 0.6 is 19.4 Å². The lowest BCUT2D eigenvalue weighted by Gasteiger charge is -2.15. The number of ether oxygens (including phenoxy) is 1. The topological polar surface area (TPSA) is 105 Å². The molecule has 0 saturated heterocycles. The minimum Gasteiger partial charge on any atom is -0.495 e. The van der Waals surface area contributed by atoms with Gasteiger partial charge < -0.3 is 14.6 Å². The summed E-state index contributed by atoms with van der Waals surface area (Å²) in [5.74, 6) is -0.508. The third kappa shape index (κ3) is 4.59. The summed E-state index contributed by atoms with van der Waals surface area (Å²) in [5, 5.41) is 4.45. The van der Waals surface area contributed by atoms with Crippen molar-refractivity contribution in [2.24, 2.45) is 0 Å². The van der Waals surface area contributed by atoms with Gasteiger partial charge in [0.15, 0.2) is 0 Å². The molecule has 0 unspecified atom stereocenters. The van der Waals surface area contributed by atoms with E-state index >= 15 is 0 Å². The summed E-state index contributed by atoms with van der Waals surface area (Å²) in [6.45, 7) is 0. The molecule has 0 aliphatic rings. The second-order valence-electron chi connectivity index (χ2n) is 5.58. The molecule has 27 heavy (non-hydrogen) atoms. The number of nitrogens with one attached hydrogen (secondary N) is 1. The van der Waals surface area contributed by atoms with Gasteiger partial charge in [0.2, 0.25) is 0 Å². The van der Waals surface area contributed by atoms with Crippen molar-refractivity contribution in [2.45, 2.75) is 0 Å². The van der Waals surface area contributed by atoms with Crippen LogP contribution in [0.4, 0.5) is 5.69 Å². The predicted molar refractivity (Wildman–Crippen MR) is 103 cm³/mol. The maximum Gasteiger partial charge on any atom is 0.524 e. The Morgan fingerprint density at radius 1 is 1.04 bits per heavy atom. The summed E-state index contributed by atoms with van der Waals surface area (Å²) in [6, 6.07) is 14.6. The first-order chi connectivity index (χ1) is 12.8. The minimum absolute atomic E-state index is 0.0333. The van der Waals surface area contributed by atoms with Crippen molar-refractivity contribution in [1.29, 1.82) is 0 Å². The van der Waals surface area contributed by atoms with E-state index in [1.54, 1.807) is 36.4 Å². The van der Waals surface area contributed by atoms with Gasteiger partial charge in [-0.3, -0.25) is 14.6 Å². The van der Waals surface area contributed by atoms with Crippen molar-refractivity contribution in [3.05, 3.63) is 65.2 Å². The maximum atomic E-state index is 12.8. The standard InChI is InChI=1S/C18H15ClNO6P/c1-25-17-10-13(19)6-7-15(17)20-18(21)14-8-11-4-2-3-5-12(11)9-16(14)26-27(22,23)24/h2-10H,1H3,(H,20,21)(H2,22,23,24). The quantitative estimate of drug-likeness (QED) is 0.547. The van der Waals surface area contributed by atoms with Crippen molar-refractivity contribution < 1.29 is 28.4 Å². The third-order valence-electron chi connectivity index (χ3n) is 3.72. The molecule has 3 aromatic carbocycles. The number of phosphoric ester groups is 1. The Kier molecular flexibility index (Phi) is 5.39. The van der Waals surface area contributed by atoms with Crippen LogP contribution < -0.4 is 14.6 Å². The highest BCUT2D eigenvalue weighted by molar-refractivity contribution is 7.46. The lowest BCUT2D eigenvalue weighted by atomic mass is 10.1. The number of hydrogen-bond donors (Lipinski definition) is 3. The number of rotatable bonds is 5. The molecule has 0 aromatic heterocycles. The molecule has 1 amide bonds. The van der Waals surface area contributed by atoms with Crippen LogP contribution in [0, 0.1) is 0 Å². The molecule has 3 N–H and O–H groups in total. The zero-order valence-corrected chi connectivity index (χ0v) is 15.7. The molecule has 0 radical (unpaired) electrons. The van der Waals surface area contributed by atoms with Gasteiger partial charge >= 0.3 is 7.82 Å². The van der Waals surface area contributed by atoms with Crippen LogP contribution in [0.3, 0.4) is 0 Å². The highest BCUT2D eigenvalue weighted by Crippen LogP contribution is 2.41. The summed E-state index contributed by atoms with van der Waals surface area (Å²) < 4.78 is 21.2. The number of halogens is 1. The summed E-state index contributed by atoms with van der Waals surface area (Å²) in [7, 11) is -3.43. The Morgan fingerprint density at radius 2 is 1.70 bits per heavy atom. The number of fused-ring (bicyclic) bond motifs is 1. The first-order valence-corrected chi connectivity index (χ1v) is 9.60. The summed E-state index contributed by atoms with van der Waals surface area (Å²) in [5.41, 5.74) is 0.316. The van der Waals surface area contributed by atoms with Gasteiger partial charge in [0.05, 0.1) is 18.4 Å². The summed E-state index contributed by atoms with van der Waals surface area (Å²) in [4.78, 5) is 31.1. The highest BCUT2D eigenvalue weighted by Gasteiger charge is 2.23. The predicted octanol–water partition coefficient (Wildman–Crippen LogP) is 4.23. The fraction of sp³-hybridized carbons (Fsp3) is 0.0556. The van der Waals surface area contributed by atoms with Crippen LogP contribution in [-0.2, 0) is 4.57 Å². The lowest BCUT2D eigenvalue weighted by Crippen LogP contribution is -2.14. The number of carbonyl (C=O) groups is 1. The van der Waals surface area contributed by atoms with Gasteiger partial charge in [-0.2, -0.15) is 0 Å². The van der Waals surface area contributed by atoms with E-state index in [1.165, 1.54) is 25.3 Å². The number of hydrogen-bond acceptors (Lipinski definition) is 4. The highest BCUT2D eigenvalue weighted by atomic mass is 35.5. The molecule has 140 valence electrons. The molecule has 0 bridgehead atoms. The van der Waals surface area contributed by atoms with Gasteiger partial charge in [-0.25, -0.2) is 4.57 Å². The fourth-order valence-electron chi connectivity index (χ4n) is 2.56. The van der Waals surface area contributed by atoms with Crippen LogP contribution in [-0.4, -0.2) is 22.8 Å². The average Bonchev–Trinajstić information content (AvgIpc) is 2.61. The van der Waals surface area contributed by atoms with Crippen molar-refractivity contribution in [2.75, 3.05) is 12.4 Å². The molecule has 9 heteroatoms. The molecule has 7 nitrogen and oxygen atoms in total. The zero-order valence-electron chi connectivity index (χ0n) is 14.0. The lowest BCUT2D eigenvalue weighted by molar-refractivity contribution is 0.102. The van der Waals surface area contributed by atoms with Crippen LogP contribution in [0.2, 0.25) is 5.02 Å². The zero-order chi connectivity index (χ0) is 19.6. The Balaban J connectivity index is 2.04. The van der Waals surface area contributed by atoms with E-state index in [0.29, 0.717) is 27.2 Å². The van der Waals surface area contributed by atoms with Gasteiger partial charge in [0.25, 0.3) is 5.91 Å². The second-order valence-corrected chi connectivity index (χ2v) is 7.18. The van der Waals surface area contributed by atoms with Gasteiger partial charge in [-0.05, 0) is 35.0 Å². The molecular formula is C18H15ClNO6P.